The van der Waals surface area contributed by atoms with Crippen LogP contribution in [0.3, 0.4) is 0 Å². The summed E-state index contributed by atoms with van der Waals surface area (Å²) in [5, 5.41) is 1.90. The number of aliphatic imine (C=N–C) groups is 1. The molecule has 0 bridgehead atoms. The fourth-order valence-corrected chi connectivity index (χ4v) is 5.87. The molecule has 0 unspecified atom stereocenters. The highest BCUT2D eigenvalue weighted by atomic mass is 35.5. The summed E-state index contributed by atoms with van der Waals surface area (Å²) in [6.07, 6.45) is 2.97. The molecule has 3 atom stereocenters. The van der Waals surface area contributed by atoms with Crippen molar-refractivity contribution in [2.24, 2.45) is 4.99 Å². The number of thioether (sulfide) groups is 1. The van der Waals surface area contributed by atoms with Gasteiger partial charge in [0.2, 0.25) is 0 Å². The minimum Gasteiger partial charge on any atom is -0.337 e. The molecule has 4 heterocycles. The number of rotatable bonds is 4. The van der Waals surface area contributed by atoms with Gasteiger partial charge in [-0.1, -0.05) is 36.4 Å². The maximum Gasteiger partial charge on any atom is 0.160 e. The minimum absolute atomic E-state index is 0.00611. The number of nitrogens with zero attached hydrogens (tertiary/aromatic N) is 4. The summed E-state index contributed by atoms with van der Waals surface area (Å²) in [6, 6.07) is 19.2. The van der Waals surface area contributed by atoms with Gasteiger partial charge in [-0.3, -0.25) is 9.98 Å². The molecular formula is C23H23ClN4S. The number of pyridine rings is 1. The molecule has 2 aromatic heterocycles. The van der Waals surface area contributed by atoms with Gasteiger partial charge in [-0.05, 0) is 61.9 Å². The molecule has 1 fully saturated rings. The molecule has 0 amide bonds. The van der Waals surface area contributed by atoms with Crippen LogP contribution in [-0.2, 0) is 0 Å². The Morgan fingerprint density at radius 2 is 1.93 bits per heavy atom. The maximum absolute atomic E-state index is 6.15. The summed E-state index contributed by atoms with van der Waals surface area (Å²) in [7, 11) is 0. The topological polar surface area (TPSA) is 33.4 Å². The highest BCUT2D eigenvalue weighted by Crippen LogP contribution is 2.49. The zero-order valence-electron chi connectivity index (χ0n) is 16.5. The Bertz CT molecular complexity index is 1040. The number of hydrogen-bond acceptors (Lipinski definition) is 4. The molecular weight excluding hydrogens is 400 g/mol. The monoisotopic (exact) mass is 422 g/mol. The molecule has 0 aliphatic carbocycles. The van der Waals surface area contributed by atoms with Gasteiger partial charge in [0.05, 0.1) is 5.69 Å². The number of fused-ring (bicyclic) bond motifs is 1. The lowest BCUT2D eigenvalue weighted by Crippen LogP contribution is -2.36. The minimum atomic E-state index is -0.00611. The van der Waals surface area contributed by atoms with E-state index in [1.54, 1.807) is 0 Å². The van der Waals surface area contributed by atoms with Crippen molar-refractivity contribution in [2.75, 3.05) is 5.75 Å². The third kappa shape index (κ3) is 3.17. The third-order valence-corrected chi connectivity index (χ3v) is 7.20. The second-order valence-corrected chi connectivity index (χ2v) is 8.97. The van der Waals surface area contributed by atoms with Crippen LogP contribution in [0.1, 0.15) is 42.5 Å². The first-order valence-electron chi connectivity index (χ1n) is 10.0. The smallest absolute Gasteiger partial charge is 0.160 e. The fourth-order valence-electron chi connectivity index (χ4n) is 4.40. The molecule has 5 rings (SSSR count). The van der Waals surface area contributed by atoms with Crippen molar-refractivity contribution in [2.45, 2.75) is 38.4 Å². The Morgan fingerprint density at radius 1 is 1.10 bits per heavy atom. The van der Waals surface area contributed by atoms with Gasteiger partial charge in [-0.25, -0.2) is 0 Å². The van der Waals surface area contributed by atoms with E-state index >= 15 is 0 Å². The summed E-state index contributed by atoms with van der Waals surface area (Å²) in [5.74, 6) is 1.10. The second-order valence-electron chi connectivity index (χ2n) is 7.55. The molecule has 2 aliphatic rings. The second kappa shape index (κ2) is 7.54. The summed E-state index contributed by atoms with van der Waals surface area (Å²) in [6.45, 7) is 4.42. The van der Waals surface area contributed by atoms with Gasteiger partial charge in [0.25, 0.3) is 0 Å². The van der Waals surface area contributed by atoms with E-state index in [4.69, 9.17) is 16.6 Å². The maximum atomic E-state index is 6.15. The fraction of sp³-hybridized carbons (Fsp3) is 0.304. The Hall–Kier alpha value is -2.24. The number of halogens is 1. The molecule has 0 radical (unpaired) electrons. The van der Waals surface area contributed by atoms with Crippen molar-refractivity contribution >= 4 is 28.5 Å². The van der Waals surface area contributed by atoms with Crippen molar-refractivity contribution in [3.63, 3.8) is 0 Å². The first-order valence-corrected chi connectivity index (χ1v) is 11.4. The van der Waals surface area contributed by atoms with Gasteiger partial charge in [-0.2, -0.15) is 0 Å². The van der Waals surface area contributed by atoms with E-state index in [0.717, 1.165) is 33.7 Å². The van der Waals surface area contributed by atoms with E-state index in [1.165, 1.54) is 11.4 Å². The highest BCUT2D eigenvalue weighted by molar-refractivity contribution is 8.14. The molecule has 0 N–H and O–H groups in total. The van der Waals surface area contributed by atoms with Gasteiger partial charge in [-0.15, -0.1) is 0 Å². The average molecular weight is 423 g/mol. The molecule has 2 aliphatic heterocycles. The lowest BCUT2D eigenvalue weighted by atomic mass is 9.99. The van der Waals surface area contributed by atoms with Gasteiger partial charge >= 0.3 is 0 Å². The van der Waals surface area contributed by atoms with Crippen LogP contribution in [-0.4, -0.2) is 31.4 Å². The third-order valence-electron chi connectivity index (χ3n) is 5.82. The van der Waals surface area contributed by atoms with Crippen molar-refractivity contribution in [1.29, 1.82) is 0 Å². The molecule has 4 nitrogen and oxygen atoms in total. The molecule has 0 spiro atoms. The molecule has 6 heteroatoms. The van der Waals surface area contributed by atoms with Crippen LogP contribution in [0.2, 0.25) is 5.02 Å². The van der Waals surface area contributed by atoms with E-state index in [-0.39, 0.29) is 12.1 Å². The largest absolute Gasteiger partial charge is 0.337 e. The number of amidine groups is 1. The van der Waals surface area contributed by atoms with E-state index < -0.39 is 0 Å². The van der Waals surface area contributed by atoms with Crippen molar-refractivity contribution in [3.05, 3.63) is 82.9 Å². The quantitative estimate of drug-likeness (QED) is 0.531. The van der Waals surface area contributed by atoms with Crippen LogP contribution in [0, 0.1) is 6.92 Å². The molecule has 1 saturated heterocycles. The average Bonchev–Trinajstić information content (AvgIpc) is 3.42. The predicted octanol–water partition coefficient (Wildman–Crippen LogP) is 5.81. The molecule has 148 valence electrons. The van der Waals surface area contributed by atoms with Crippen LogP contribution in [0.25, 0.3) is 5.69 Å². The Balaban J connectivity index is 1.65. The number of hydrogen-bond donors (Lipinski definition) is 0. The summed E-state index contributed by atoms with van der Waals surface area (Å²) in [5.41, 5.74) is 4.60. The number of aryl methyl sites for hydroxylation is 1. The van der Waals surface area contributed by atoms with Crippen molar-refractivity contribution in [3.8, 4) is 5.69 Å². The summed E-state index contributed by atoms with van der Waals surface area (Å²) >= 11 is 8.02. The van der Waals surface area contributed by atoms with Crippen LogP contribution in [0.4, 0.5) is 0 Å². The molecule has 1 aromatic carbocycles. The van der Waals surface area contributed by atoms with E-state index in [0.29, 0.717) is 6.04 Å². The number of aromatic nitrogens is 2. The van der Waals surface area contributed by atoms with Crippen molar-refractivity contribution < 1.29 is 0 Å². The molecule has 29 heavy (non-hydrogen) atoms. The normalized spacial score (nSPS) is 23.3. The van der Waals surface area contributed by atoms with E-state index in [1.807, 2.05) is 36.2 Å². The first kappa shape index (κ1) is 18.8. The Labute approximate surface area is 180 Å². The summed E-state index contributed by atoms with van der Waals surface area (Å²) < 4.78 is 2.34. The van der Waals surface area contributed by atoms with Crippen LogP contribution >= 0.6 is 23.4 Å². The van der Waals surface area contributed by atoms with Crippen LogP contribution in [0.5, 0.6) is 0 Å². The lowest BCUT2D eigenvalue weighted by Gasteiger charge is -2.32. The summed E-state index contributed by atoms with van der Waals surface area (Å²) in [4.78, 5) is 12.3. The van der Waals surface area contributed by atoms with Gasteiger partial charge in [0, 0.05) is 40.1 Å². The number of benzene rings is 1. The Morgan fingerprint density at radius 3 is 2.66 bits per heavy atom. The van der Waals surface area contributed by atoms with E-state index in [9.17, 15) is 0 Å². The van der Waals surface area contributed by atoms with E-state index in [2.05, 4.69) is 64.7 Å². The SMILES string of the molecule is CC[C@@H]1CSC2=N[C@@H](c3ccccn3)[C@@H](c3ccc(C)n3-c3ccc(Cl)cc3)N21. The lowest BCUT2D eigenvalue weighted by molar-refractivity contribution is 0.248. The Kier molecular flexibility index (Phi) is 4.88. The first-order chi connectivity index (χ1) is 14.2. The highest BCUT2D eigenvalue weighted by Gasteiger charge is 2.46. The predicted molar refractivity (Wildman–Crippen MR) is 121 cm³/mol. The molecule has 0 saturated carbocycles. The standard InChI is InChI=1S/C23H23ClN4S/c1-3-17-14-29-23-26-21(19-6-4-5-13-25-19)22(28(17)23)20-12-7-15(2)27(20)18-10-8-16(24)9-11-18/h4-13,17,21-22H,3,14H2,1-2H3/t17-,21+,22-/m1/s1. The zero-order chi connectivity index (χ0) is 20.0. The van der Waals surface area contributed by atoms with Crippen molar-refractivity contribution in [1.82, 2.24) is 14.5 Å². The van der Waals surface area contributed by atoms with Crippen LogP contribution < -0.4 is 0 Å². The van der Waals surface area contributed by atoms with Gasteiger partial charge in [0.15, 0.2) is 5.17 Å². The molecule has 3 aromatic rings. The van der Waals surface area contributed by atoms with Crippen LogP contribution in [0.15, 0.2) is 65.8 Å². The zero-order valence-corrected chi connectivity index (χ0v) is 18.1. The van der Waals surface area contributed by atoms with Gasteiger partial charge in [0.1, 0.15) is 12.1 Å². The van der Waals surface area contributed by atoms with Gasteiger partial charge < -0.3 is 9.47 Å².